The first-order chi connectivity index (χ1) is 17.4. The minimum absolute atomic E-state index is 0.343. The first-order valence-corrected chi connectivity index (χ1v) is 16.1. The van der Waals surface area contributed by atoms with Crippen molar-refractivity contribution in [3.8, 4) is 5.69 Å². The van der Waals surface area contributed by atoms with Crippen molar-refractivity contribution in [3.63, 3.8) is 0 Å². The predicted octanol–water partition coefficient (Wildman–Crippen LogP) is 1.35. The molecule has 168 valence electrons. The zero-order valence-electron chi connectivity index (χ0n) is 19.5. The van der Waals surface area contributed by atoms with E-state index in [2.05, 4.69) is 89.5 Å². The third kappa shape index (κ3) is 3.08. The van der Waals surface area contributed by atoms with Gasteiger partial charge in [0.25, 0.3) is 0 Å². The molecule has 0 unspecified atom stereocenters. The molecule has 0 fully saturated rings. The predicted molar refractivity (Wildman–Crippen MR) is 152 cm³/mol. The number of hydrogen-bond acceptors (Lipinski definition) is 0. The molecule has 1 aliphatic carbocycles. The van der Waals surface area contributed by atoms with E-state index < -0.39 is 0 Å². The van der Waals surface area contributed by atoms with Gasteiger partial charge in [-0.3, -0.25) is 0 Å². The quantitative estimate of drug-likeness (QED) is 0.205. The molecule has 1 aromatic heterocycles. The third-order valence-electron chi connectivity index (χ3n) is 7.98. The molecule has 0 radical (unpaired) electrons. The van der Waals surface area contributed by atoms with Crippen LogP contribution in [0.4, 0.5) is 0 Å². The number of aryl methyl sites for hydroxylation is 1. The molecule has 3 heterocycles. The Morgan fingerprint density at radius 3 is 2.31 bits per heavy atom. The maximum absolute atomic E-state index is 2.61. The summed E-state index contributed by atoms with van der Waals surface area (Å²) < 4.78 is 8.92. The molecule has 0 bridgehead atoms. The zero-order chi connectivity index (χ0) is 22.9. The fourth-order valence-corrected chi connectivity index (χ4v) is 11.8. The molecule has 35 heavy (non-hydrogen) atoms. The van der Waals surface area contributed by atoms with Gasteiger partial charge in [-0.15, -0.1) is 0 Å². The Labute approximate surface area is 219 Å². The van der Waals surface area contributed by atoms with Gasteiger partial charge in [-0.05, 0) is 0 Å². The average Bonchev–Trinajstić information content (AvgIpc) is 3.03. The van der Waals surface area contributed by atoms with Crippen molar-refractivity contribution in [2.75, 3.05) is 0 Å². The second kappa shape index (κ2) is 8.02. The van der Waals surface area contributed by atoms with Crippen molar-refractivity contribution in [2.24, 2.45) is 0 Å². The van der Waals surface area contributed by atoms with Crippen molar-refractivity contribution < 1.29 is 0 Å². The Morgan fingerprint density at radius 2 is 1.37 bits per heavy atom. The van der Waals surface area contributed by atoms with Crippen LogP contribution in [0.1, 0.15) is 30.5 Å². The van der Waals surface area contributed by atoms with E-state index in [-0.39, 0.29) is 0 Å². The fraction of sp³-hybridized carbons (Fsp3) is 0.161. The van der Waals surface area contributed by atoms with Crippen molar-refractivity contribution in [3.05, 3.63) is 96.2 Å². The van der Waals surface area contributed by atoms with E-state index in [4.69, 9.17) is 0 Å². The molecule has 8 rings (SSSR count). The molecule has 0 atom stereocenters. The Kier molecular flexibility index (Phi) is 4.74. The molecule has 4 aromatic carbocycles. The maximum atomic E-state index is 2.61. The monoisotopic (exact) mass is 581 g/mol. The zero-order valence-corrected chi connectivity index (χ0v) is 22.9. The molecule has 4 heteroatoms. The molecule has 2 aliphatic heterocycles. The number of rotatable bonds is 1. The topological polar surface area (TPSA) is 4.93 Å². The van der Waals surface area contributed by atoms with Gasteiger partial charge in [0, 0.05) is 0 Å². The van der Waals surface area contributed by atoms with E-state index in [0.29, 0.717) is 36.6 Å². The standard InChI is InChI=1S/C31H24BNSe2/c1-2-9-21-22-10-4-6-13-26(22)33(25(21)12-3-1)20-17-18-24-30(19-20)35-29-16-8-15-28-31(29)32(24)23-11-5-7-14-27(23)34-28/h4-8,10-11,13-19H,1-3,9,12H2. The number of fused-ring (bicyclic) bond motifs is 7. The van der Waals surface area contributed by atoms with Crippen LogP contribution in [0.2, 0.25) is 0 Å². The molecule has 0 saturated carbocycles. The Balaban J connectivity index is 1.35. The second-order valence-electron chi connectivity index (χ2n) is 9.90. The molecule has 1 nitrogen and oxygen atoms in total. The van der Waals surface area contributed by atoms with Gasteiger partial charge in [-0.1, -0.05) is 0 Å². The van der Waals surface area contributed by atoms with Gasteiger partial charge in [0.05, 0.1) is 0 Å². The summed E-state index contributed by atoms with van der Waals surface area (Å²) in [6.07, 6.45) is 6.37. The number of benzene rings is 4. The number of nitrogens with zero attached hydrogens (tertiary/aromatic N) is 1. The molecule has 3 aliphatic rings. The minimum atomic E-state index is 0.343. The van der Waals surface area contributed by atoms with Crippen LogP contribution < -0.4 is 34.2 Å². The number of para-hydroxylation sites is 1. The molecule has 0 spiro atoms. The van der Waals surface area contributed by atoms with Crippen molar-refractivity contribution in [2.45, 2.75) is 32.1 Å². The Hall–Kier alpha value is -2.48. The average molecular weight is 579 g/mol. The van der Waals surface area contributed by atoms with Crippen molar-refractivity contribution >= 4 is 81.8 Å². The van der Waals surface area contributed by atoms with Crippen LogP contribution >= 0.6 is 0 Å². The van der Waals surface area contributed by atoms with Crippen LogP contribution in [0.5, 0.6) is 0 Å². The number of aromatic nitrogens is 1. The molecule has 0 amide bonds. The second-order valence-corrected chi connectivity index (χ2v) is 14.5. The van der Waals surface area contributed by atoms with Crippen molar-refractivity contribution in [1.29, 1.82) is 0 Å². The van der Waals surface area contributed by atoms with E-state index >= 15 is 0 Å². The molecular weight excluding hydrogens is 555 g/mol. The van der Waals surface area contributed by atoms with Crippen molar-refractivity contribution in [1.82, 2.24) is 4.57 Å². The van der Waals surface area contributed by atoms with E-state index in [1.54, 1.807) is 40.0 Å². The summed E-state index contributed by atoms with van der Waals surface area (Å²) in [5.74, 6) is 0. The van der Waals surface area contributed by atoms with E-state index in [9.17, 15) is 0 Å². The van der Waals surface area contributed by atoms with E-state index in [1.807, 2.05) is 0 Å². The normalized spacial score (nSPS) is 15.7. The first kappa shape index (κ1) is 20.7. The van der Waals surface area contributed by atoms with Crippen LogP contribution in [-0.2, 0) is 12.8 Å². The van der Waals surface area contributed by atoms with Gasteiger partial charge in [-0.2, -0.15) is 0 Å². The van der Waals surface area contributed by atoms with Gasteiger partial charge >= 0.3 is 220 Å². The summed E-state index contributed by atoms with van der Waals surface area (Å²) >= 11 is 0.753. The molecular formula is C31H24BNSe2. The molecule has 0 N–H and O–H groups in total. The first-order valence-electron chi connectivity index (χ1n) is 12.7. The van der Waals surface area contributed by atoms with Gasteiger partial charge in [0.15, 0.2) is 0 Å². The van der Waals surface area contributed by atoms with Crippen LogP contribution in [0.15, 0.2) is 84.9 Å². The fourth-order valence-electron chi connectivity index (χ4n) is 6.47. The summed E-state index contributed by atoms with van der Waals surface area (Å²) in [7, 11) is 0. The Bertz CT molecular complexity index is 1650. The molecule has 5 aromatic rings. The van der Waals surface area contributed by atoms with Crippen LogP contribution in [0, 0.1) is 0 Å². The summed E-state index contributed by atoms with van der Waals surface area (Å²) in [4.78, 5) is 0. The van der Waals surface area contributed by atoms with E-state index in [0.717, 1.165) is 0 Å². The van der Waals surface area contributed by atoms with Gasteiger partial charge in [-0.25, -0.2) is 0 Å². The van der Waals surface area contributed by atoms with E-state index in [1.165, 1.54) is 54.2 Å². The SMILES string of the molecule is c1ccc2c(c1)[Se]c1cccc3c1B2c1ccc(-n2c4c(c5ccccc52)CCCCC4)cc1[Se]3. The molecule has 0 saturated heterocycles. The van der Waals surface area contributed by atoms with Crippen LogP contribution in [0.25, 0.3) is 16.6 Å². The van der Waals surface area contributed by atoms with Gasteiger partial charge < -0.3 is 0 Å². The summed E-state index contributed by atoms with van der Waals surface area (Å²) in [5.41, 5.74) is 10.6. The summed E-state index contributed by atoms with van der Waals surface area (Å²) in [5, 5.41) is 1.46. The van der Waals surface area contributed by atoms with Gasteiger partial charge in [0.1, 0.15) is 0 Å². The van der Waals surface area contributed by atoms with Gasteiger partial charge in [0.2, 0.25) is 0 Å². The number of hydrogen-bond donors (Lipinski definition) is 0. The third-order valence-corrected chi connectivity index (χ3v) is 12.8. The Morgan fingerprint density at radius 1 is 0.629 bits per heavy atom. The van der Waals surface area contributed by atoms with Crippen LogP contribution in [0.3, 0.4) is 0 Å². The van der Waals surface area contributed by atoms with Crippen LogP contribution in [-0.4, -0.2) is 41.2 Å². The summed E-state index contributed by atoms with van der Waals surface area (Å²) in [6.45, 7) is 0.395. The summed E-state index contributed by atoms with van der Waals surface area (Å²) in [6, 6.07) is 32.8.